The summed E-state index contributed by atoms with van der Waals surface area (Å²) in [6.45, 7) is 3.63. The van der Waals surface area contributed by atoms with Crippen molar-refractivity contribution in [3.8, 4) is 0 Å². The van der Waals surface area contributed by atoms with Gasteiger partial charge in [0.15, 0.2) is 0 Å². The first-order valence-corrected chi connectivity index (χ1v) is 6.65. The predicted octanol–water partition coefficient (Wildman–Crippen LogP) is 2.87. The molecule has 2 unspecified atom stereocenters. The first kappa shape index (κ1) is 16.0. The molecule has 0 bridgehead atoms. The van der Waals surface area contributed by atoms with Crippen LogP contribution in [0.4, 0.5) is 0 Å². The highest BCUT2D eigenvalue weighted by atomic mass is 16.5. The molecule has 0 N–H and O–H groups in total. The second-order valence-electron chi connectivity index (χ2n) is 4.54. The monoisotopic (exact) mass is 276 g/mol. The van der Waals surface area contributed by atoms with Crippen LogP contribution in [0.3, 0.4) is 0 Å². The number of hydrogen-bond donors (Lipinski definition) is 0. The van der Waals surface area contributed by atoms with Gasteiger partial charge in [-0.15, -0.1) is 0 Å². The SMILES string of the molecule is CC1C/C=C/C=C/C(=O)OC(C)C/C=C/C=C/C(=O)O1. The Labute approximate surface area is 119 Å². The molecule has 0 fully saturated rings. The van der Waals surface area contributed by atoms with Crippen LogP contribution in [0.5, 0.6) is 0 Å². The van der Waals surface area contributed by atoms with Gasteiger partial charge in [-0.25, -0.2) is 9.59 Å². The molecule has 1 rings (SSSR count). The van der Waals surface area contributed by atoms with Gasteiger partial charge in [-0.2, -0.15) is 0 Å². The summed E-state index contributed by atoms with van der Waals surface area (Å²) in [7, 11) is 0. The van der Waals surface area contributed by atoms with E-state index >= 15 is 0 Å². The smallest absolute Gasteiger partial charge is 0.331 e. The van der Waals surface area contributed by atoms with Crippen molar-refractivity contribution in [2.75, 3.05) is 0 Å². The molecule has 0 aromatic heterocycles. The maximum Gasteiger partial charge on any atom is 0.331 e. The lowest BCUT2D eigenvalue weighted by molar-refractivity contribution is -0.142. The molecule has 0 radical (unpaired) electrons. The number of carbonyl (C=O) groups excluding carboxylic acids is 2. The summed E-state index contributed by atoms with van der Waals surface area (Å²) in [5.41, 5.74) is 0. The zero-order chi connectivity index (χ0) is 14.8. The van der Waals surface area contributed by atoms with Gasteiger partial charge in [-0.1, -0.05) is 36.5 Å². The fourth-order valence-electron chi connectivity index (χ4n) is 1.54. The molecule has 4 heteroatoms. The Hall–Kier alpha value is -2.10. The van der Waals surface area contributed by atoms with Crippen molar-refractivity contribution in [2.45, 2.75) is 38.9 Å². The normalized spacial score (nSPS) is 31.7. The van der Waals surface area contributed by atoms with Crippen molar-refractivity contribution in [1.29, 1.82) is 0 Å². The van der Waals surface area contributed by atoms with E-state index in [1.54, 1.807) is 24.3 Å². The third kappa shape index (κ3) is 7.36. The fraction of sp³-hybridized carbons (Fsp3) is 0.375. The molecule has 1 aliphatic rings. The second-order valence-corrected chi connectivity index (χ2v) is 4.54. The maximum atomic E-state index is 11.4. The maximum absolute atomic E-state index is 11.4. The molecule has 1 heterocycles. The zero-order valence-corrected chi connectivity index (χ0v) is 11.8. The lowest BCUT2D eigenvalue weighted by Crippen LogP contribution is -2.12. The van der Waals surface area contributed by atoms with Gasteiger partial charge in [0.25, 0.3) is 0 Å². The summed E-state index contributed by atoms with van der Waals surface area (Å²) < 4.78 is 10.3. The number of carbonyl (C=O) groups is 2. The van der Waals surface area contributed by atoms with Crippen molar-refractivity contribution in [1.82, 2.24) is 0 Å². The van der Waals surface area contributed by atoms with E-state index in [9.17, 15) is 9.59 Å². The van der Waals surface area contributed by atoms with Crippen LogP contribution in [0.1, 0.15) is 26.7 Å². The predicted molar refractivity (Wildman–Crippen MR) is 76.9 cm³/mol. The average Bonchev–Trinajstić information content (AvgIpc) is 2.36. The standard InChI is InChI=1S/C16H20O4/c1-13-9-5-3-7-12-16(18)20-14(2)10-6-4-8-11-15(17)19-13/h3-8,11-14H,9-10H2,1-2H3/b5-3+,6-4+,11-8+,12-7+. The quantitative estimate of drug-likeness (QED) is 0.638. The van der Waals surface area contributed by atoms with Crippen LogP contribution in [-0.2, 0) is 19.1 Å². The van der Waals surface area contributed by atoms with Crippen molar-refractivity contribution in [3.05, 3.63) is 48.6 Å². The topological polar surface area (TPSA) is 52.6 Å². The van der Waals surface area contributed by atoms with E-state index in [1.807, 2.05) is 26.0 Å². The van der Waals surface area contributed by atoms with Gasteiger partial charge in [-0.05, 0) is 13.8 Å². The van der Waals surface area contributed by atoms with Crippen LogP contribution in [0.2, 0.25) is 0 Å². The molecule has 20 heavy (non-hydrogen) atoms. The van der Waals surface area contributed by atoms with Crippen LogP contribution < -0.4 is 0 Å². The van der Waals surface area contributed by atoms with Gasteiger partial charge in [0.2, 0.25) is 0 Å². The van der Waals surface area contributed by atoms with E-state index in [0.717, 1.165) is 0 Å². The highest BCUT2D eigenvalue weighted by molar-refractivity contribution is 5.82. The number of ether oxygens (including phenoxy) is 2. The van der Waals surface area contributed by atoms with Gasteiger partial charge >= 0.3 is 11.9 Å². The number of cyclic esters (lactones) is 2. The van der Waals surface area contributed by atoms with Gasteiger partial charge in [0.1, 0.15) is 12.2 Å². The number of allylic oxidation sites excluding steroid dienone is 4. The molecule has 108 valence electrons. The Bertz CT molecular complexity index is 401. The molecule has 0 saturated heterocycles. The van der Waals surface area contributed by atoms with Crippen LogP contribution in [0, 0.1) is 0 Å². The first-order valence-electron chi connectivity index (χ1n) is 6.65. The summed E-state index contributed by atoms with van der Waals surface area (Å²) in [4.78, 5) is 22.9. The third-order valence-corrected chi connectivity index (χ3v) is 2.53. The van der Waals surface area contributed by atoms with Crippen LogP contribution in [0.15, 0.2) is 48.6 Å². The van der Waals surface area contributed by atoms with E-state index in [-0.39, 0.29) is 24.1 Å². The molecule has 2 atom stereocenters. The van der Waals surface area contributed by atoms with Gasteiger partial charge in [0.05, 0.1) is 0 Å². The first-order chi connectivity index (χ1) is 9.58. The van der Waals surface area contributed by atoms with Crippen LogP contribution in [-0.4, -0.2) is 24.1 Å². The highest BCUT2D eigenvalue weighted by Gasteiger charge is 2.05. The fourth-order valence-corrected chi connectivity index (χ4v) is 1.54. The largest absolute Gasteiger partial charge is 0.459 e. The molecular formula is C16H20O4. The zero-order valence-electron chi connectivity index (χ0n) is 11.8. The summed E-state index contributed by atoms with van der Waals surface area (Å²) in [5.74, 6) is -0.727. The van der Waals surface area contributed by atoms with E-state index in [2.05, 4.69) is 0 Å². The molecule has 0 spiro atoms. The van der Waals surface area contributed by atoms with Crippen LogP contribution in [0.25, 0.3) is 0 Å². The Morgan fingerprint density at radius 1 is 0.800 bits per heavy atom. The van der Waals surface area contributed by atoms with Crippen molar-refractivity contribution in [3.63, 3.8) is 0 Å². The minimum atomic E-state index is -0.363. The van der Waals surface area contributed by atoms with E-state index in [1.165, 1.54) is 12.2 Å². The van der Waals surface area contributed by atoms with E-state index < -0.39 is 0 Å². The molecule has 0 amide bonds. The summed E-state index contributed by atoms with van der Waals surface area (Å²) in [5, 5.41) is 0. The minimum absolute atomic E-state index is 0.208. The van der Waals surface area contributed by atoms with Crippen molar-refractivity contribution in [2.24, 2.45) is 0 Å². The average molecular weight is 276 g/mol. The third-order valence-electron chi connectivity index (χ3n) is 2.53. The Morgan fingerprint density at radius 2 is 1.20 bits per heavy atom. The molecular weight excluding hydrogens is 256 g/mol. The highest BCUT2D eigenvalue weighted by Crippen LogP contribution is 2.03. The lowest BCUT2D eigenvalue weighted by Gasteiger charge is -2.09. The Morgan fingerprint density at radius 3 is 1.60 bits per heavy atom. The number of hydrogen-bond acceptors (Lipinski definition) is 4. The summed E-state index contributed by atoms with van der Waals surface area (Å²) in [6.07, 6.45) is 13.9. The second kappa shape index (κ2) is 8.91. The molecule has 0 aromatic rings. The summed E-state index contributed by atoms with van der Waals surface area (Å²) >= 11 is 0. The van der Waals surface area contributed by atoms with Gasteiger partial charge < -0.3 is 9.47 Å². The Kier molecular flexibility index (Phi) is 7.11. The molecule has 0 aromatic carbocycles. The molecule has 4 nitrogen and oxygen atoms in total. The molecule has 0 aliphatic carbocycles. The lowest BCUT2D eigenvalue weighted by atomic mass is 10.2. The Balaban J connectivity index is 2.70. The molecule has 1 aliphatic heterocycles. The summed E-state index contributed by atoms with van der Waals surface area (Å²) in [6, 6.07) is 0. The van der Waals surface area contributed by atoms with Gasteiger partial charge in [0, 0.05) is 25.0 Å². The minimum Gasteiger partial charge on any atom is -0.459 e. The van der Waals surface area contributed by atoms with Crippen LogP contribution >= 0.6 is 0 Å². The van der Waals surface area contributed by atoms with Gasteiger partial charge in [-0.3, -0.25) is 0 Å². The van der Waals surface area contributed by atoms with Crippen molar-refractivity contribution >= 4 is 11.9 Å². The molecule has 0 saturated carbocycles. The van der Waals surface area contributed by atoms with E-state index in [4.69, 9.17) is 9.47 Å². The number of rotatable bonds is 0. The number of esters is 2. The van der Waals surface area contributed by atoms with Crippen molar-refractivity contribution < 1.29 is 19.1 Å². The van der Waals surface area contributed by atoms with E-state index in [0.29, 0.717) is 12.8 Å².